The SMILES string of the molecule is CCOC(=O)COc1c(I)cc(/C=N\NCc2ccc(OC)c(OC)c2)cc1OCC. The van der Waals surface area contributed by atoms with Crippen molar-refractivity contribution in [1.29, 1.82) is 0 Å². The number of hydrogen-bond acceptors (Lipinski definition) is 8. The van der Waals surface area contributed by atoms with Crippen LogP contribution in [-0.2, 0) is 16.1 Å². The molecule has 0 radical (unpaired) electrons. The molecule has 2 aromatic carbocycles. The summed E-state index contributed by atoms with van der Waals surface area (Å²) in [4.78, 5) is 11.6. The lowest BCUT2D eigenvalue weighted by molar-refractivity contribution is -0.145. The van der Waals surface area contributed by atoms with Crippen LogP contribution in [0.2, 0.25) is 0 Å². The van der Waals surface area contributed by atoms with Gasteiger partial charge in [-0.15, -0.1) is 0 Å². The van der Waals surface area contributed by atoms with Gasteiger partial charge < -0.3 is 29.1 Å². The van der Waals surface area contributed by atoms with E-state index < -0.39 is 5.97 Å². The van der Waals surface area contributed by atoms with Crippen molar-refractivity contribution in [3.05, 3.63) is 45.0 Å². The maximum absolute atomic E-state index is 11.6. The molecule has 0 amide bonds. The molecule has 0 unspecified atom stereocenters. The fraction of sp³-hybridized carbons (Fsp3) is 0.364. The maximum atomic E-state index is 11.6. The average Bonchev–Trinajstić information content (AvgIpc) is 2.76. The van der Waals surface area contributed by atoms with E-state index in [1.165, 1.54) is 0 Å². The Kier molecular flexibility index (Phi) is 10.2. The van der Waals surface area contributed by atoms with Gasteiger partial charge in [-0.1, -0.05) is 6.07 Å². The summed E-state index contributed by atoms with van der Waals surface area (Å²) in [5.41, 5.74) is 4.85. The standard InChI is InChI=1S/C22H27IN2O6/c1-5-29-20-11-16(9-17(23)22(20)31-14-21(26)30-6-2)13-25-24-12-15-7-8-18(27-3)19(10-15)28-4/h7-11,13,24H,5-6,12,14H2,1-4H3/b25-13-. The van der Waals surface area contributed by atoms with Crippen LogP contribution in [0.15, 0.2) is 35.4 Å². The average molecular weight is 542 g/mol. The first-order valence-corrected chi connectivity index (χ1v) is 10.8. The molecule has 0 aromatic heterocycles. The van der Waals surface area contributed by atoms with E-state index >= 15 is 0 Å². The minimum absolute atomic E-state index is 0.176. The van der Waals surface area contributed by atoms with Crippen LogP contribution in [0.1, 0.15) is 25.0 Å². The quantitative estimate of drug-likeness (QED) is 0.189. The molecule has 0 saturated heterocycles. The molecular weight excluding hydrogens is 515 g/mol. The molecular formula is C22H27IN2O6. The first kappa shape index (κ1) is 24.6. The lowest BCUT2D eigenvalue weighted by atomic mass is 10.2. The zero-order valence-corrected chi connectivity index (χ0v) is 20.2. The lowest BCUT2D eigenvalue weighted by Crippen LogP contribution is -2.15. The minimum Gasteiger partial charge on any atom is -0.493 e. The molecule has 0 aliphatic carbocycles. The van der Waals surface area contributed by atoms with Crippen LogP contribution in [0.3, 0.4) is 0 Å². The Bertz CT molecular complexity index is 904. The van der Waals surface area contributed by atoms with Crippen molar-refractivity contribution in [3.8, 4) is 23.0 Å². The van der Waals surface area contributed by atoms with E-state index in [1.807, 2.05) is 37.3 Å². The number of carbonyl (C=O) groups is 1. The number of methoxy groups -OCH3 is 2. The molecule has 2 rings (SSSR count). The highest BCUT2D eigenvalue weighted by molar-refractivity contribution is 14.1. The number of hydrazone groups is 1. The highest BCUT2D eigenvalue weighted by Gasteiger charge is 2.14. The van der Waals surface area contributed by atoms with Crippen LogP contribution in [0.5, 0.6) is 23.0 Å². The van der Waals surface area contributed by atoms with Gasteiger partial charge in [0.25, 0.3) is 0 Å². The van der Waals surface area contributed by atoms with E-state index in [1.54, 1.807) is 27.4 Å². The van der Waals surface area contributed by atoms with E-state index in [2.05, 4.69) is 33.1 Å². The molecule has 0 heterocycles. The van der Waals surface area contributed by atoms with Crippen LogP contribution >= 0.6 is 22.6 Å². The topological polar surface area (TPSA) is 87.6 Å². The first-order chi connectivity index (χ1) is 15.0. The van der Waals surface area contributed by atoms with Gasteiger partial charge in [0.2, 0.25) is 0 Å². The number of benzene rings is 2. The van der Waals surface area contributed by atoms with E-state index in [9.17, 15) is 4.79 Å². The Balaban J connectivity index is 2.05. The van der Waals surface area contributed by atoms with Crippen molar-refractivity contribution in [2.75, 3.05) is 34.0 Å². The zero-order valence-electron chi connectivity index (χ0n) is 18.1. The number of ether oxygens (including phenoxy) is 5. The smallest absolute Gasteiger partial charge is 0.344 e. The van der Waals surface area contributed by atoms with Gasteiger partial charge in [0.15, 0.2) is 29.6 Å². The third kappa shape index (κ3) is 7.50. The van der Waals surface area contributed by atoms with E-state index in [4.69, 9.17) is 23.7 Å². The summed E-state index contributed by atoms with van der Waals surface area (Å²) in [6, 6.07) is 9.40. The predicted molar refractivity (Wildman–Crippen MR) is 126 cm³/mol. The third-order valence-corrected chi connectivity index (χ3v) is 4.81. The maximum Gasteiger partial charge on any atom is 0.344 e. The van der Waals surface area contributed by atoms with Crippen molar-refractivity contribution in [2.45, 2.75) is 20.4 Å². The first-order valence-electron chi connectivity index (χ1n) is 9.73. The number of carbonyl (C=O) groups excluding carboxylic acids is 1. The van der Waals surface area contributed by atoms with Crippen molar-refractivity contribution in [2.24, 2.45) is 5.10 Å². The summed E-state index contributed by atoms with van der Waals surface area (Å²) in [5.74, 6) is 1.97. The van der Waals surface area contributed by atoms with E-state index in [0.29, 0.717) is 42.8 Å². The molecule has 0 aliphatic rings. The van der Waals surface area contributed by atoms with Gasteiger partial charge in [0.1, 0.15) is 0 Å². The summed E-state index contributed by atoms with van der Waals surface area (Å²) < 4.78 is 27.6. The van der Waals surface area contributed by atoms with Crippen molar-refractivity contribution < 1.29 is 28.5 Å². The second-order valence-electron chi connectivity index (χ2n) is 6.14. The van der Waals surface area contributed by atoms with Gasteiger partial charge in [0, 0.05) is 0 Å². The highest BCUT2D eigenvalue weighted by atomic mass is 127. The summed E-state index contributed by atoms with van der Waals surface area (Å²) >= 11 is 2.14. The molecule has 0 spiro atoms. The molecule has 0 bridgehead atoms. The molecule has 0 aliphatic heterocycles. The van der Waals surface area contributed by atoms with E-state index in [-0.39, 0.29) is 6.61 Å². The predicted octanol–water partition coefficient (Wildman–Crippen LogP) is 3.77. The molecule has 8 nitrogen and oxygen atoms in total. The Morgan fingerprint density at radius 3 is 2.48 bits per heavy atom. The number of nitrogens with one attached hydrogen (secondary N) is 1. The van der Waals surface area contributed by atoms with Crippen molar-refractivity contribution in [1.82, 2.24) is 5.43 Å². The molecule has 2 aromatic rings. The van der Waals surface area contributed by atoms with E-state index in [0.717, 1.165) is 14.7 Å². The largest absolute Gasteiger partial charge is 0.493 e. The minimum atomic E-state index is -0.425. The molecule has 0 atom stereocenters. The molecule has 0 saturated carbocycles. The van der Waals surface area contributed by atoms with Crippen LogP contribution in [0.4, 0.5) is 0 Å². The second kappa shape index (κ2) is 12.9. The molecule has 31 heavy (non-hydrogen) atoms. The van der Waals surface area contributed by atoms with Gasteiger partial charge in [0.05, 0.1) is 43.8 Å². The Hall–Kier alpha value is -2.69. The van der Waals surface area contributed by atoms with Crippen molar-refractivity contribution in [3.63, 3.8) is 0 Å². The molecule has 0 fully saturated rings. The monoisotopic (exact) mass is 542 g/mol. The molecule has 168 valence electrons. The fourth-order valence-corrected chi connectivity index (χ4v) is 3.43. The molecule has 9 heteroatoms. The number of rotatable bonds is 12. The summed E-state index contributed by atoms with van der Waals surface area (Å²) in [5, 5.41) is 4.28. The Labute approximate surface area is 196 Å². The van der Waals surface area contributed by atoms with Gasteiger partial charge in [-0.05, 0) is 71.8 Å². The summed E-state index contributed by atoms with van der Waals surface area (Å²) in [6.07, 6.45) is 1.70. The van der Waals surface area contributed by atoms with Crippen molar-refractivity contribution >= 4 is 34.8 Å². The number of hydrogen-bond donors (Lipinski definition) is 1. The number of esters is 1. The summed E-state index contributed by atoms with van der Waals surface area (Å²) in [6.45, 7) is 4.75. The normalized spacial score (nSPS) is 10.6. The van der Waals surface area contributed by atoms with Crippen LogP contribution in [0, 0.1) is 3.57 Å². The zero-order chi connectivity index (χ0) is 22.6. The third-order valence-electron chi connectivity index (χ3n) is 4.01. The van der Waals surface area contributed by atoms with Gasteiger partial charge in [-0.25, -0.2) is 4.79 Å². The lowest BCUT2D eigenvalue weighted by Gasteiger charge is -2.14. The van der Waals surface area contributed by atoms with Gasteiger partial charge >= 0.3 is 5.97 Å². The van der Waals surface area contributed by atoms with Gasteiger partial charge in [-0.2, -0.15) is 5.10 Å². The fourth-order valence-electron chi connectivity index (χ4n) is 2.65. The van der Waals surface area contributed by atoms with Crippen LogP contribution in [-0.4, -0.2) is 46.2 Å². The Morgan fingerprint density at radius 2 is 1.81 bits per heavy atom. The second-order valence-corrected chi connectivity index (χ2v) is 7.30. The highest BCUT2D eigenvalue weighted by Crippen LogP contribution is 2.34. The Morgan fingerprint density at radius 1 is 1.03 bits per heavy atom. The van der Waals surface area contributed by atoms with Gasteiger partial charge in [-0.3, -0.25) is 0 Å². The summed E-state index contributed by atoms with van der Waals surface area (Å²) in [7, 11) is 3.20. The van der Waals surface area contributed by atoms with Crippen LogP contribution < -0.4 is 24.4 Å². The number of halogens is 1. The number of nitrogens with zero attached hydrogens (tertiary/aromatic N) is 1. The molecule has 1 N–H and O–H groups in total. The van der Waals surface area contributed by atoms with Crippen LogP contribution in [0.25, 0.3) is 0 Å².